The zero-order valence-corrected chi connectivity index (χ0v) is 47.8. The van der Waals surface area contributed by atoms with Crippen molar-refractivity contribution >= 4 is 81.9 Å². The first kappa shape index (κ1) is 58.1. The Kier molecular flexibility index (Phi) is 20.8. The van der Waals surface area contributed by atoms with Crippen LogP contribution in [-0.2, 0) is 25.5 Å². The Morgan fingerprint density at radius 2 is 1.61 bits per heavy atom. The van der Waals surface area contributed by atoms with Gasteiger partial charge in [0.25, 0.3) is 0 Å². The monoisotopic (exact) mass is 1100 g/mol. The Morgan fingerprint density at radius 1 is 0.908 bits per heavy atom. The van der Waals surface area contributed by atoms with Gasteiger partial charge in [-0.2, -0.15) is 4.98 Å². The van der Waals surface area contributed by atoms with E-state index in [4.69, 9.17) is 16.3 Å². The predicted molar refractivity (Wildman–Crippen MR) is 309 cm³/mol. The van der Waals surface area contributed by atoms with Gasteiger partial charge in [0.15, 0.2) is 5.82 Å². The second-order valence-corrected chi connectivity index (χ2v) is 26.1. The maximum atomic E-state index is 14.0. The molecule has 0 saturated carbocycles. The van der Waals surface area contributed by atoms with Crippen molar-refractivity contribution in [3.8, 4) is 16.2 Å². The van der Waals surface area contributed by atoms with E-state index < -0.39 is 30.7 Å². The number of carbonyl (C=O) groups is 3. The number of aryl methyl sites for hydroxylation is 1. The van der Waals surface area contributed by atoms with Crippen LogP contribution >= 0.6 is 30.1 Å². The summed E-state index contributed by atoms with van der Waals surface area (Å²) in [4.78, 5) is 59.1. The minimum atomic E-state index is -2.55. The number of hydrogen-bond acceptors (Lipinski definition) is 14. The number of rotatable bonds is 25. The third kappa shape index (κ3) is 16.2. The number of benzene rings is 3. The Bertz CT molecular complexity index is 2780. The standard InChI is InChI=1S/C57H78ClN10O6PS/c1-38-51(76-37-62-38)40-23-21-39(22-24-40)34-60-54(71)47-33-43(69)36-68(47)55(72)52(57(2,3)4)65-50(70)20-14-12-10-8-9-11-13-17-29-59-41-27-30-67(31-28-41)42-25-26-45(48(32-42)74-5)64-56-61-35-44(58)53(66-56)63-46-18-15-16-19-49(46)75(6,7)73/h15-16,18-19,21-26,32,35,37,41,43,47,52,59,69H,8-14,17,20,27-31,33-34,36H2,1-7H3,(H,60,71)(H,65,70)(H2,61,63,64,66)/t43-,47+,52?/m1/s1. The highest BCUT2D eigenvalue weighted by atomic mass is 35.5. The average molecular weight is 1100 g/mol. The lowest BCUT2D eigenvalue weighted by Crippen LogP contribution is -2.57. The van der Waals surface area contributed by atoms with Crippen molar-refractivity contribution in [2.45, 2.75) is 136 Å². The molecule has 5 aromatic rings. The first-order chi connectivity index (χ1) is 36.4. The van der Waals surface area contributed by atoms with E-state index in [0.29, 0.717) is 47.2 Å². The molecular weight excluding hydrogens is 1020 g/mol. The molecule has 0 spiro atoms. The van der Waals surface area contributed by atoms with Crippen molar-refractivity contribution in [2.24, 2.45) is 5.41 Å². The van der Waals surface area contributed by atoms with E-state index in [0.717, 1.165) is 103 Å². The fourth-order valence-corrected chi connectivity index (χ4v) is 12.0. The molecule has 4 heterocycles. The molecule has 19 heteroatoms. The van der Waals surface area contributed by atoms with Gasteiger partial charge in [0.2, 0.25) is 23.7 Å². The van der Waals surface area contributed by atoms with Crippen molar-refractivity contribution in [1.29, 1.82) is 0 Å². The summed E-state index contributed by atoms with van der Waals surface area (Å²) in [6, 6.07) is 20.4. The zero-order valence-electron chi connectivity index (χ0n) is 45.3. The number of piperidine rings is 1. The molecule has 2 aliphatic heterocycles. The van der Waals surface area contributed by atoms with Crippen LogP contribution in [0.2, 0.25) is 5.02 Å². The number of hydrogen-bond donors (Lipinski definition) is 6. The van der Waals surface area contributed by atoms with Crippen molar-refractivity contribution in [3.05, 3.63) is 94.7 Å². The van der Waals surface area contributed by atoms with E-state index in [1.807, 2.05) is 93.9 Å². The number of amides is 3. The van der Waals surface area contributed by atoms with Gasteiger partial charge in [0, 0.05) is 62.1 Å². The number of unbranched alkanes of at least 4 members (excludes halogenated alkanes) is 7. The van der Waals surface area contributed by atoms with E-state index in [-0.39, 0.29) is 30.7 Å². The summed E-state index contributed by atoms with van der Waals surface area (Å²) in [5.41, 5.74) is 6.70. The second-order valence-electron chi connectivity index (χ2n) is 21.6. The van der Waals surface area contributed by atoms with Crippen LogP contribution in [0.25, 0.3) is 10.4 Å². The molecule has 3 aromatic carbocycles. The van der Waals surface area contributed by atoms with Gasteiger partial charge < -0.3 is 50.8 Å². The maximum Gasteiger partial charge on any atom is 0.246 e. The van der Waals surface area contributed by atoms with Gasteiger partial charge in [0.1, 0.15) is 30.0 Å². The molecule has 0 bridgehead atoms. The van der Waals surface area contributed by atoms with Crippen LogP contribution in [-0.4, -0.2) is 114 Å². The summed E-state index contributed by atoms with van der Waals surface area (Å²) in [6.07, 6.45) is 11.9. The van der Waals surface area contributed by atoms with E-state index in [1.54, 1.807) is 31.8 Å². The SMILES string of the molecule is COc1cc(N2CCC(NCCCCCCCCCCC(=O)NC(C(=O)N3C[C@H](O)C[C@H]3C(=O)NCc3ccc(-c4scnc4C)cc3)C(C)(C)C)CC2)ccc1Nc1ncc(Cl)c(Nc2ccccc2P(C)(C)=O)n1. The third-order valence-electron chi connectivity index (χ3n) is 14.2. The number of aliphatic hydroxyl groups excluding tert-OH is 1. The Labute approximate surface area is 458 Å². The second kappa shape index (κ2) is 27.1. The number of methoxy groups -OCH3 is 1. The van der Waals surface area contributed by atoms with Gasteiger partial charge in [-0.25, -0.2) is 9.97 Å². The largest absolute Gasteiger partial charge is 0.494 e. The Balaban J connectivity index is 0.746. The van der Waals surface area contributed by atoms with E-state index in [1.165, 1.54) is 30.4 Å². The molecule has 1 unspecified atom stereocenters. The molecule has 2 aromatic heterocycles. The van der Waals surface area contributed by atoms with Crippen molar-refractivity contribution in [2.75, 3.05) is 62.2 Å². The molecule has 0 radical (unpaired) electrons. The molecule has 410 valence electrons. The number of nitrogens with zero attached hydrogens (tertiary/aromatic N) is 5. The molecular formula is C57H78ClN10O6PS. The summed E-state index contributed by atoms with van der Waals surface area (Å²) in [7, 11) is -0.901. The summed E-state index contributed by atoms with van der Waals surface area (Å²) < 4.78 is 18.7. The van der Waals surface area contributed by atoms with Crippen LogP contribution in [0.1, 0.15) is 109 Å². The molecule has 3 amide bonds. The minimum Gasteiger partial charge on any atom is -0.494 e. The fourth-order valence-electron chi connectivity index (χ4n) is 9.92. The molecule has 2 aliphatic rings. The van der Waals surface area contributed by atoms with E-state index >= 15 is 0 Å². The summed E-state index contributed by atoms with van der Waals surface area (Å²) >= 11 is 8.08. The number of halogens is 1. The van der Waals surface area contributed by atoms with Crippen molar-refractivity contribution in [3.63, 3.8) is 0 Å². The van der Waals surface area contributed by atoms with Crippen LogP contribution in [0.15, 0.2) is 78.4 Å². The molecule has 2 fully saturated rings. The van der Waals surface area contributed by atoms with Gasteiger partial charge in [-0.1, -0.05) is 107 Å². The molecule has 0 aliphatic carbocycles. The van der Waals surface area contributed by atoms with Crippen LogP contribution < -0.4 is 41.5 Å². The number of β-amino-alcohol motifs (C(OH)–C–C–N with tert-alkyl or cyclic N) is 1. The molecule has 7 rings (SSSR count). The van der Waals surface area contributed by atoms with E-state index in [9.17, 15) is 24.1 Å². The number of para-hydroxylation sites is 1. The fraction of sp³-hybridized carbons (Fsp3) is 0.509. The molecule has 2 saturated heterocycles. The van der Waals surface area contributed by atoms with Gasteiger partial charge >= 0.3 is 0 Å². The molecule has 3 atom stereocenters. The highest BCUT2D eigenvalue weighted by Crippen LogP contribution is 2.39. The molecule has 16 nitrogen and oxygen atoms in total. The lowest BCUT2D eigenvalue weighted by Gasteiger charge is -2.35. The number of thiazole rings is 1. The maximum absolute atomic E-state index is 14.0. The van der Waals surface area contributed by atoms with Crippen LogP contribution in [0.3, 0.4) is 0 Å². The lowest BCUT2D eigenvalue weighted by atomic mass is 9.85. The smallest absolute Gasteiger partial charge is 0.246 e. The molecule has 6 N–H and O–H groups in total. The van der Waals surface area contributed by atoms with Crippen LogP contribution in [0, 0.1) is 12.3 Å². The Hall–Kier alpha value is -5.58. The summed E-state index contributed by atoms with van der Waals surface area (Å²) in [5.74, 6) is 0.576. The van der Waals surface area contributed by atoms with Crippen LogP contribution in [0.5, 0.6) is 5.75 Å². The van der Waals surface area contributed by atoms with Crippen molar-refractivity contribution < 1.29 is 28.8 Å². The highest BCUT2D eigenvalue weighted by molar-refractivity contribution is 7.70. The summed E-state index contributed by atoms with van der Waals surface area (Å²) in [5, 5.41) is 28.0. The first-order valence-corrected chi connectivity index (χ1v) is 30.7. The normalized spacial score (nSPS) is 16.6. The number of carbonyl (C=O) groups excluding carboxylic acids is 3. The quantitative estimate of drug-likeness (QED) is 0.0238. The highest BCUT2D eigenvalue weighted by Gasteiger charge is 2.44. The number of ether oxygens (including phenoxy) is 1. The van der Waals surface area contributed by atoms with Crippen LogP contribution in [0.4, 0.5) is 28.8 Å². The van der Waals surface area contributed by atoms with E-state index in [2.05, 4.69) is 52.5 Å². The number of aliphatic hydroxyl groups is 1. The third-order valence-corrected chi connectivity index (χ3v) is 17.1. The summed E-state index contributed by atoms with van der Waals surface area (Å²) in [6.45, 7) is 14.4. The number of aromatic nitrogens is 3. The minimum absolute atomic E-state index is 0.0425. The average Bonchev–Trinajstić information content (AvgIpc) is 4.02. The first-order valence-electron chi connectivity index (χ1n) is 26.8. The van der Waals surface area contributed by atoms with Gasteiger partial charge in [-0.05, 0) is 93.3 Å². The topological polar surface area (TPSA) is 203 Å². The molecule has 76 heavy (non-hydrogen) atoms. The lowest BCUT2D eigenvalue weighted by molar-refractivity contribution is -0.144. The Morgan fingerprint density at radius 3 is 2.28 bits per heavy atom. The van der Waals surface area contributed by atoms with Gasteiger partial charge in [0.05, 0.1) is 46.9 Å². The number of nitrogens with one attached hydrogen (secondary N) is 5. The predicted octanol–water partition coefficient (Wildman–Crippen LogP) is 10.2. The van der Waals surface area contributed by atoms with Gasteiger partial charge in [-0.3, -0.25) is 14.4 Å². The van der Waals surface area contributed by atoms with Crippen molar-refractivity contribution in [1.82, 2.24) is 35.8 Å². The number of likely N-dealkylation sites (tertiary alicyclic amines) is 1. The van der Waals surface area contributed by atoms with Gasteiger partial charge in [-0.15, -0.1) is 11.3 Å². The zero-order chi connectivity index (χ0) is 54.4. The number of anilines is 5.